The molecule has 3 rings (SSSR count). The van der Waals surface area contributed by atoms with Crippen LogP contribution in [0.3, 0.4) is 0 Å². The molecular weight excluding hydrogens is 332 g/mol. The number of thiocarbonyl (C=S) groups is 1. The molecule has 0 bridgehead atoms. The van der Waals surface area contributed by atoms with E-state index in [9.17, 15) is 0 Å². The van der Waals surface area contributed by atoms with Crippen molar-refractivity contribution in [2.75, 3.05) is 20.3 Å². The normalized spacial score (nSPS) is 20.3. The van der Waals surface area contributed by atoms with Crippen LogP contribution in [0.5, 0.6) is 0 Å². The van der Waals surface area contributed by atoms with Gasteiger partial charge in [0.15, 0.2) is 5.11 Å². The fourth-order valence-electron chi connectivity index (χ4n) is 3.48. The molecule has 2 atom stereocenters. The Balaban J connectivity index is 1.98. The summed E-state index contributed by atoms with van der Waals surface area (Å²) in [7, 11) is 1.73. The third-order valence-corrected chi connectivity index (χ3v) is 4.97. The summed E-state index contributed by atoms with van der Waals surface area (Å²) < 4.78 is 7.55. The average molecular weight is 359 g/mol. The summed E-state index contributed by atoms with van der Waals surface area (Å²) in [5.41, 5.74) is 2.27. The van der Waals surface area contributed by atoms with E-state index >= 15 is 0 Å². The molecule has 1 fully saturated rings. The topological polar surface area (TPSA) is 42.3 Å². The first-order chi connectivity index (χ1) is 12.1. The number of nitrogens with zero attached hydrogens (tertiary/aromatic N) is 3. The maximum absolute atomic E-state index is 5.66. The lowest BCUT2D eigenvalue weighted by molar-refractivity contribution is 0.179. The largest absolute Gasteiger partial charge is 0.385 e. The summed E-state index contributed by atoms with van der Waals surface area (Å²) in [6.07, 6.45) is 4.92. The van der Waals surface area contributed by atoms with Gasteiger partial charge in [-0.3, -0.25) is 4.98 Å². The van der Waals surface area contributed by atoms with E-state index in [0.29, 0.717) is 6.04 Å². The van der Waals surface area contributed by atoms with Crippen molar-refractivity contribution in [1.29, 1.82) is 0 Å². The second-order valence-electron chi connectivity index (χ2n) is 6.60. The molecule has 0 radical (unpaired) electrons. The lowest BCUT2D eigenvalue weighted by Crippen LogP contribution is -2.32. The summed E-state index contributed by atoms with van der Waals surface area (Å²) in [5.74, 6) is 0. The highest BCUT2D eigenvalue weighted by molar-refractivity contribution is 7.80. The Hall–Kier alpha value is -1.92. The van der Waals surface area contributed by atoms with Crippen molar-refractivity contribution in [3.63, 3.8) is 0 Å². The molecule has 134 valence electrons. The van der Waals surface area contributed by atoms with E-state index in [1.807, 2.05) is 18.3 Å². The maximum Gasteiger partial charge on any atom is 0.170 e. The van der Waals surface area contributed by atoms with Gasteiger partial charge in [-0.1, -0.05) is 6.07 Å². The highest BCUT2D eigenvalue weighted by Crippen LogP contribution is 2.39. The van der Waals surface area contributed by atoms with Gasteiger partial charge in [0.1, 0.15) is 0 Å². The Bertz CT molecular complexity index is 700. The van der Waals surface area contributed by atoms with E-state index in [1.165, 1.54) is 5.69 Å². The van der Waals surface area contributed by atoms with Gasteiger partial charge < -0.3 is 19.5 Å². The molecule has 25 heavy (non-hydrogen) atoms. The van der Waals surface area contributed by atoms with E-state index in [2.05, 4.69) is 58.0 Å². The average Bonchev–Trinajstić information content (AvgIpc) is 3.21. The van der Waals surface area contributed by atoms with Crippen molar-refractivity contribution < 1.29 is 4.74 Å². The van der Waals surface area contributed by atoms with E-state index < -0.39 is 0 Å². The highest BCUT2D eigenvalue weighted by Gasteiger charge is 2.40. The Morgan fingerprint density at radius 2 is 2.12 bits per heavy atom. The Labute approximate surface area is 155 Å². The number of nitrogens with one attached hydrogen (secondary N) is 1. The molecule has 2 aromatic rings. The van der Waals surface area contributed by atoms with Crippen molar-refractivity contribution in [3.8, 4) is 0 Å². The van der Waals surface area contributed by atoms with Crippen LogP contribution in [-0.4, -0.2) is 39.8 Å². The monoisotopic (exact) mass is 358 g/mol. The number of ether oxygens (including phenoxy) is 1. The van der Waals surface area contributed by atoms with Gasteiger partial charge in [0.05, 0.1) is 17.8 Å². The van der Waals surface area contributed by atoms with E-state index in [1.54, 1.807) is 7.11 Å². The quantitative estimate of drug-likeness (QED) is 0.606. The molecule has 1 aliphatic heterocycles. The Kier molecular flexibility index (Phi) is 5.71. The molecule has 0 amide bonds. The molecule has 5 nitrogen and oxygen atoms in total. The Morgan fingerprint density at radius 3 is 2.80 bits per heavy atom. The zero-order chi connectivity index (χ0) is 17.8. The molecule has 0 saturated carbocycles. The molecule has 6 heteroatoms. The van der Waals surface area contributed by atoms with Gasteiger partial charge in [-0.05, 0) is 56.8 Å². The first kappa shape index (κ1) is 17.9. The predicted octanol–water partition coefficient (Wildman–Crippen LogP) is 3.47. The minimum atomic E-state index is 0.0450. The fraction of sp³-hybridized carbons (Fsp3) is 0.474. The number of aromatic nitrogens is 2. The lowest BCUT2D eigenvalue weighted by Gasteiger charge is -2.29. The van der Waals surface area contributed by atoms with Crippen molar-refractivity contribution >= 4 is 17.3 Å². The third-order valence-electron chi connectivity index (χ3n) is 4.62. The second-order valence-corrected chi connectivity index (χ2v) is 6.99. The molecule has 0 aliphatic carbocycles. The van der Waals surface area contributed by atoms with Gasteiger partial charge in [0, 0.05) is 44.4 Å². The molecule has 1 saturated heterocycles. The predicted molar refractivity (Wildman–Crippen MR) is 103 cm³/mol. The number of rotatable bonds is 7. The molecular formula is C19H26N4OS. The van der Waals surface area contributed by atoms with Gasteiger partial charge in [-0.15, -0.1) is 0 Å². The zero-order valence-electron chi connectivity index (χ0n) is 15.1. The van der Waals surface area contributed by atoms with Crippen LogP contribution in [0.25, 0.3) is 0 Å². The van der Waals surface area contributed by atoms with Crippen LogP contribution in [0.2, 0.25) is 0 Å². The van der Waals surface area contributed by atoms with Gasteiger partial charge in [-0.25, -0.2) is 0 Å². The smallest absolute Gasteiger partial charge is 0.170 e. The van der Waals surface area contributed by atoms with Gasteiger partial charge in [0.2, 0.25) is 0 Å². The van der Waals surface area contributed by atoms with Gasteiger partial charge in [0.25, 0.3) is 0 Å². The first-order valence-corrected chi connectivity index (χ1v) is 9.18. The molecule has 2 aromatic heterocycles. The summed E-state index contributed by atoms with van der Waals surface area (Å²) in [5, 5.41) is 4.28. The summed E-state index contributed by atoms with van der Waals surface area (Å²) in [6.45, 7) is 5.99. The molecule has 0 spiro atoms. The van der Waals surface area contributed by atoms with Crippen molar-refractivity contribution in [2.45, 2.75) is 38.4 Å². The zero-order valence-corrected chi connectivity index (χ0v) is 15.9. The van der Waals surface area contributed by atoms with Crippen molar-refractivity contribution in [1.82, 2.24) is 19.8 Å². The van der Waals surface area contributed by atoms with Crippen LogP contribution < -0.4 is 5.32 Å². The number of hydrogen-bond donors (Lipinski definition) is 1. The summed E-state index contributed by atoms with van der Waals surface area (Å²) >= 11 is 5.66. The highest BCUT2D eigenvalue weighted by atomic mass is 32.1. The number of methoxy groups -OCH3 is 1. The molecule has 3 heterocycles. The van der Waals surface area contributed by atoms with Crippen LogP contribution in [0.4, 0.5) is 0 Å². The lowest BCUT2D eigenvalue weighted by atomic mass is 10.0. The van der Waals surface area contributed by atoms with Crippen molar-refractivity contribution in [3.05, 3.63) is 54.1 Å². The van der Waals surface area contributed by atoms with Gasteiger partial charge >= 0.3 is 0 Å². The summed E-state index contributed by atoms with van der Waals surface area (Å²) in [4.78, 5) is 6.86. The molecule has 1 aliphatic rings. The SMILES string of the molecule is COCCCN1C(=S)N[C@@H](c2ccccn2)[C@@H]1c1cccn1C(C)C. The first-order valence-electron chi connectivity index (χ1n) is 8.77. The standard InChI is InChI=1S/C19H26N4OS/c1-14(2)22-11-6-9-16(22)18-17(15-8-4-5-10-20-15)21-19(25)23(18)12-7-13-24-3/h4-6,8-11,14,17-18H,7,12-13H2,1-3H3,(H,21,25)/t17-,18-/m0/s1. The van der Waals surface area contributed by atoms with Crippen LogP contribution >= 0.6 is 12.2 Å². The van der Waals surface area contributed by atoms with E-state index in [-0.39, 0.29) is 12.1 Å². The van der Waals surface area contributed by atoms with Gasteiger partial charge in [-0.2, -0.15) is 0 Å². The third kappa shape index (κ3) is 3.70. The maximum atomic E-state index is 5.66. The Morgan fingerprint density at radius 1 is 1.28 bits per heavy atom. The van der Waals surface area contributed by atoms with Crippen LogP contribution in [-0.2, 0) is 4.74 Å². The van der Waals surface area contributed by atoms with E-state index in [4.69, 9.17) is 17.0 Å². The minimum absolute atomic E-state index is 0.0450. The van der Waals surface area contributed by atoms with Crippen LogP contribution in [0, 0.1) is 0 Å². The fourth-order valence-corrected chi connectivity index (χ4v) is 3.81. The molecule has 0 aromatic carbocycles. The number of pyridine rings is 1. The number of hydrogen-bond acceptors (Lipinski definition) is 3. The molecule has 0 unspecified atom stereocenters. The minimum Gasteiger partial charge on any atom is -0.385 e. The second kappa shape index (κ2) is 7.97. The van der Waals surface area contributed by atoms with E-state index in [0.717, 1.165) is 30.4 Å². The van der Waals surface area contributed by atoms with Crippen LogP contribution in [0.15, 0.2) is 42.7 Å². The van der Waals surface area contributed by atoms with Crippen LogP contribution in [0.1, 0.15) is 49.8 Å². The van der Waals surface area contributed by atoms with Crippen molar-refractivity contribution in [2.24, 2.45) is 0 Å². The summed E-state index contributed by atoms with van der Waals surface area (Å²) in [6, 6.07) is 10.9. The molecule has 1 N–H and O–H groups in total.